The van der Waals surface area contributed by atoms with Gasteiger partial charge in [0.25, 0.3) is 5.91 Å². The van der Waals surface area contributed by atoms with Gasteiger partial charge in [0.15, 0.2) is 9.84 Å². The number of hydrogen-bond acceptors (Lipinski definition) is 8. The number of hydrogen-bond donors (Lipinski definition) is 1. The third-order valence-electron chi connectivity index (χ3n) is 5.61. The van der Waals surface area contributed by atoms with Gasteiger partial charge in [-0.15, -0.1) is 11.3 Å². The lowest BCUT2D eigenvalue weighted by Gasteiger charge is -2.24. The fraction of sp³-hybridized carbons (Fsp3) is 0.391. The van der Waals surface area contributed by atoms with Crippen LogP contribution in [0.25, 0.3) is 10.6 Å². The van der Waals surface area contributed by atoms with Crippen LogP contribution in [0.4, 0.5) is 13.2 Å². The SMILES string of the molecule is Cc1cnc(-c2cc(OC3CCS(=O)(=O)CC3)cc(C(=O)NC(C)c3cnc(C(F)(F)F)nc3)c2)s1. The molecule has 3 aromatic rings. The quantitative estimate of drug-likeness (QED) is 0.494. The Labute approximate surface area is 209 Å². The molecular formula is C23H23F3N4O4S2. The summed E-state index contributed by atoms with van der Waals surface area (Å²) in [5.74, 6) is -1.24. The van der Waals surface area contributed by atoms with Crippen LogP contribution in [0.15, 0.2) is 36.8 Å². The van der Waals surface area contributed by atoms with Gasteiger partial charge >= 0.3 is 6.18 Å². The summed E-state index contributed by atoms with van der Waals surface area (Å²) in [6.45, 7) is 3.52. The highest BCUT2D eigenvalue weighted by molar-refractivity contribution is 7.91. The smallest absolute Gasteiger partial charge is 0.451 e. The maximum atomic E-state index is 13.1. The minimum Gasteiger partial charge on any atom is -0.490 e. The van der Waals surface area contributed by atoms with E-state index in [4.69, 9.17) is 4.74 Å². The van der Waals surface area contributed by atoms with Crippen molar-refractivity contribution in [3.63, 3.8) is 0 Å². The molecule has 13 heteroatoms. The third-order valence-corrected chi connectivity index (χ3v) is 8.29. The van der Waals surface area contributed by atoms with Crippen LogP contribution in [-0.2, 0) is 16.0 Å². The zero-order valence-corrected chi connectivity index (χ0v) is 21.0. The second-order valence-corrected chi connectivity index (χ2v) is 12.1. The molecule has 1 unspecified atom stereocenters. The number of halogens is 3. The summed E-state index contributed by atoms with van der Waals surface area (Å²) in [5, 5.41) is 3.43. The standard InChI is InChI=1S/C23H23F3N4O4S2/c1-13-10-27-21(35-13)16-7-15(8-19(9-16)34-18-3-5-36(32,33)6-4-18)20(31)30-14(2)17-11-28-22(29-12-17)23(24,25)26/h7-12,14,18H,3-6H2,1-2H3,(H,30,31). The first kappa shape index (κ1) is 26.0. The summed E-state index contributed by atoms with van der Waals surface area (Å²) >= 11 is 1.44. The monoisotopic (exact) mass is 540 g/mol. The van der Waals surface area contributed by atoms with Crippen LogP contribution in [0.5, 0.6) is 5.75 Å². The average Bonchev–Trinajstić information content (AvgIpc) is 3.26. The number of aryl methyl sites for hydroxylation is 1. The number of rotatable bonds is 6. The lowest BCUT2D eigenvalue weighted by molar-refractivity contribution is -0.145. The van der Waals surface area contributed by atoms with Crippen molar-refractivity contribution in [1.29, 1.82) is 0 Å². The zero-order valence-electron chi connectivity index (χ0n) is 19.4. The average molecular weight is 541 g/mol. The topological polar surface area (TPSA) is 111 Å². The van der Waals surface area contributed by atoms with Gasteiger partial charge in [0, 0.05) is 40.2 Å². The number of alkyl halides is 3. The van der Waals surface area contributed by atoms with E-state index in [2.05, 4.69) is 20.3 Å². The number of carbonyl (C=O) groups is 1. The van der Waals surface area contributed by atoms with E-state index >= 15 is 0 Å². The summed E-state index contributed by atoms with van der Waals surface area (Å²) in [4.78, 5) is 25.1. The molecule has 36 heavy (non-hydrogen) atoms. The van der Waals surface area contributed by atoms with Gasteiger partial charge < -0.3 is 10.1 Å². The van der Waals surface area contributed by atoms with E-state index in [0.717, 1.165) is 17.3 Å². The molecule has 2 aromatic heterocycles. The molecule has 1 amide bonds. The van der Waals surface area contributed by atoms with Crippen LogP contribution < -0.4 is 10.1 Å². The van der Waals surface area contributed by atoms with Crippen molar-refractivity contribution in [2.75, 3.05) is 11.5 Å². The maximum Gasteiger partial charge on any atom is 0.451 e. The second kappa shape index (κ2) is 10.1. The summed E-state index contributed by atoms with van der Waals surface area (Å²) in [6.07, 6.45) is -0.474. The number of benzene rings is 1. The van der Waals surface area contributed by atoms with Crippen LogP contribution in [0.2, 0.25) is 0 Å². The predicted octanol–water partition coefficient (Wildman–Crippen LogP) is 4.37. The molecule has 192 valence electrons. The van der Waals surface area contributed by atoms with E-state index in [1.165, 1.54) is 11.3 Å². The highest BCUT2D eigenvalue weighted by Gasteiger charge is 2.34. The van der Waals surface area contributed by atoms with Gasteiger partial charge in [0.05, 0.1) is 17.5 Å². The van der Waals surface area contributed by atoms with E-state index in [1.807, 2.05) is 6.92 Å². The molecular weight excluding hydrogens is 517 g/mol. The van der Waals surface area contributed by atoms with Crippen molar-refractivity contribution in [1.82, 2.24) is 20.3 Å². The van der Waals surface area contributed by atoms with Crippen molar-refractivity contribution in [2.45, 2.75) is 45.0 Å². The molecule has 0 radical (unpaired) electrons. The fourth-order valence-electron chi connectivity index (χ4n) is 3.66. The van der Waals surface area contributed by atoms with Crippen molar-refractivity contribution in [2.24, 2.45) is 0 Å². The number of ether oxygens (including phenoxy) is 1. The number of nitrogens with one attached hydrogen (secondary N) is 1. The van der Waals surface area contributed by atoms with Crippen LogP contribution in [0, 0.1) is 6.92 Å². The number of aromatic nitrogens is 3. The van der Waals surface area contributed by atoms with Crippen molar-refractivity contribution in [3.05, 3.63) is 58.6 Å². The summed E-state index contributed by atoms with van der Waals surface area (Å²) < 4.78 is 67.7. The van der Waals surface area contributed by atoms with Gasteiger partial charge in [-0.3, -0.25) is 4.79 Å². The van der Waals surface area contributed by atoms with Gasteiger partial charge in [0.2, 0.25) is 5.82 Å². The number of nitrogens with zero attached hydrogens (tertiary/aromatic N) is 3. The first-order valence-corrected chi connectivity index (χ1v) is 13.7. The van der Waals surface area contributed by atoms with Gasteiger partial charge in [-0.2, -0.15) is 13.2 Å². The van der Waals surface area contributed by atoms with E-state index in [0.29, 0.717) is 34.7 Å². The van der Waals surface area contributed by atoms with Crippen molar-refractivity contribution in [3.8, 4) is 16.3 Å². The van der Waals surface area contributed by atoms with E-state index < -0.39 is 33.8 Å². The first-order valence-electron chi connectivity index (χ1n) is 11.0. The molecule has 1 N–H and O–H groups in total. The van der Waals surface area contributed by atoms with E-state index in [-0.39, 0.29) is 23.2 Å². The Balaban J connectivity index is 1.56. The molecule has 1 atom stereocenters. The summed E-state index contributed by atoms with van der Waals surface area (Å²) in [7, 11) is -3.05. The Hall–Kier alpha value is -3.06. The molecule has 1 aromatic carbocycles. The predicted molar refractivity (Wildman–Crippen MR) is 128 cm³/mol. The number of sulfone groups is 1. The van der Waals surface area contributed by atoms with Crippen LogP contribution >= 0.6 is 11.3 Å². The Kier molecular flexibility index (Phi) is 7.32. The lowest BCUT2D eigenvalue weighted by atomic mass is 10.1. The third kappa shape index (κ3) is 6.38. The lowest BCUT2D eigenvalue weighted by Crippen LogP contribution is -2.31. The van der Waals surface area contributed by atoms with E-state index in [1.54, 1.807) is 31.3 Å². The van der Waals surface area contributed by atoms with Crippen molar-refractivity contribution >= 4 is 27.1 Å². The van der Waals surface area contributed by atoms with Crippen LogP contribution in [0.3, 0.4) is 0 Å². The molecule has 4 rings (SSSR count). The highest BCUT2D eigenvalue weighted by Crippen LogP contribution is 2.31. The van der Waals surface area contributed by atoms with Gasteiger partial charge in [0.1, 0.15) is 16.9 Å². The second-order valence-electron chi connectivity index (χ2n) is 8.52. The number of carbonyl (C=O) groups excluding carboxylic acids is 1. The van der Waals surface area contributed by atoms with Crippen LogP contribution in [0.1, 0.15) is 52.4 Å². The molecule has 3 heterocycles. The summed E-state index contributed by atoms with van der Waals surface area (Å²) in [5.41, 5.74) is 1.23. The Morgan fingerprint density at radius 3 is 2.36 bits per heavy atom. The number of thiazole rings is 1. The molecule has 8 nitrogen and oxygen atoms in total. The Morgan fingerprint density at radius 2 is 1.78 bits per heavy atom. The largest absolute Gasteiger partial charge is 0.490 e. The fourth-order valence-corrected chi connectivity index (χ4v) is 5.86. The molecule has 1 saturated heterocycles. The molecule has 1 aliphatic rings. The van der Waals surface area contributed by atoms with Gasteiger partial charge in [-0.05, 0) is 44.9 Å². The molecule has 1 aliphatic heterocycles. The van der Waals surface area contributed by atoms with Crippen molar-refractivity contribution < 1.29 is 31.1 Å². The minimum absolute atomic E-state index is 0.0447. The normalized spacial score (nSPS) is 16.9. The molecule has 0 saturated carbocycles. The zero-order chi connectivity index (χ0) is 26.1. The van der Waals surface area contributed by atoms with E-state index in [9.17, 15) is 26.4 Å². The minimum atomic E-state index is -4.65. The molecule has 1 fully saturated rings. The Morgan fingerprint density at radius 1 is 1.11 bits per heavy atom. The molecule has 0 spiro atoms. The first-order chi connectivity index (χ1) is 16.9. The summed E-state index contributed by atoms with van der Waals surface area (Å²) in [6, 6.07) is 4.30. The number of amides is 1. The van der Waals surface area contributed by atoms with Gasteiger partial charge in [-0.1, -0.05) is 0 Å². The van der Waals surface area contributed by atoms with Gasteiger partial charge in [-0.25, -0.2) is 23.4 Å². The molecule has 0 aliphatic carbocycles. The van der Waals surface area contributed by atoms with Crippen LogP contribution in [-0.4, -0.2) is 46.9 Å². The molecule has 0 bridgehead atoms. The maximum absolute atomic E-state index is 13.1. The Bertz CT molecular complexity index is 1340. The highest BCUT2D eigenvalue weighted by atomic mass is 32.2.